The van der Waals surface area contributed by atoms with Gasteiger partial charge in [-0.2, -0.15) is 0 Å². The summed E-state index contributed by atoms with van der Waals surface area (Å²) in [5.41, 5.74) is 1.05. The predicted octanol–water partition coefficient (Wildman–Crippen LogP) is 3.38. The predicted molar refractivity (Wildman–Crippen MR) is 89.1 cm³/mol. The average molecular weight is 339 g/mol. The third-order valence-corrected chi connectivity index (χ3v) is 4.29. The molecule has 1 amide bonds. The van der Waals surface area contributed by atoms with Crippen LogP contribution in [-0.4, -0.2) is 26.8 Å². The molecular formula is C15H19ClN4OS. The first kappa shape index (κ1) is 16.8. The highest BCUT2D eigenvalue weighted by Gasteiger charge is 2.14. The van der Waals surface area contributed by atoms with Gasteiger partial charge in [-0.05, 0) is 24.1 Å². The zero-order chi connectivity index (χ0) is 15.9. The lowest BCUT2D eigenvalue weighted by molar-refractivity contribution is -0.119. The van der Waals surface area contributed by atoms with Crippen LogP contribution in [0, 0.1) is 0 Å². The SMILES string of the molecule is CCc1nc(SCC(=O)N[C@@H](CC)c2ccc(Cl)cc2)n[nH]1. The van der Waals surface area contributed by atoms with E-state index in [9.17, 15) is 4.79 Å². The van der Waals surface area contributed by atoms with Gasteiger partial charge >= 0.3 is 0 Å². The maximum Gasteiger partial charge on any atom is 0.230 e. The minimum atomic E-state index is -0.0327. The maximum absolute atomic E-state index is 12.1. The highest BCUT2D eigenvalue weighted by molar-refractivity contribution is 7.99. The number of rotatable bonds is 7. The quantitative estimate of drug-likeness (QED) is 0.759. The number of benzene rings is 1. The van der Waals surface area contributed by atoms with Crippen molar-refractivity contribution in [1.29, 1.82) is 0 Å². The molecule has 0 fully saturated rings. The van der Waals surface area contributed by atoms with E-state index in [1.54, 1.807) is 0 Å². The smallest absolute Gasteiger partial charge is 0.230 e. The van der Waals surface area contributed by atoms with Crippen molar-refractivity contribution < 1.29 is 4.79 Å². The number of aromatic nitrogens is 3. The van der Waals surface area contributed by atoms with Gasteiger partial charge in [-0.15, -0.1) is 5.10 Å². The molecular weight excluding hydrogens is 320 g/mol. The minimum Gasteiger partial charge on any atom is -0.349 e. The number of nitrogens with one attached hydrogen (secondary N) is 2. The van der Waals surface area contributed by atoms with Crippen LogP contribution in [0.1, 0.15) is 37.7 Å². The molecule has 0 radical (unpaired) electrons. The summed E-state index contributed by atoms with van der Waals surface area (Å²) in [6.45, 7) is 4.04. The highest BCUT2D eigenvalue weighted by atomic mass is 35.5. The highest BCUT2D eigenvalue weighted by Crippen LogP contribution is 2.20. The largest absolute Gasteiger partial charge is 0.349 e. The van der Waals surface area contributed by atoms with Gasteiger partial charge in [0.1, 0.15) is 5.82 Å². The molecule has 118 valence electrons. The van der Waals surface area contributed by atoms with Crippen molar-refractivity contribution in [2.45, 2.75) is 37.9 Å². The lowest BCUT2D eigenvalue weighted by Crippen LogP contribution is -2.29. The van der Waals surface area contributed by atoms with Gasteiger partial charge in [-0.3, -0.25) is 9.89 Å². The summed E-state index contributed by atoms with van der Waals surface area (Å²) >= 11 is 7.22. The van der Waals surface area contributed by atoms with Crippen LogP contribution in [-0.2, 0) is 11.2 Å². The number of aromatic amines is 1. The van der Waals surface area contributed by atoms with Crippen LogP contribution in [0.15, 0.2) is 29.4 Å². The number of aryl methyl sites for hydroxylation is 1. The van der Waals surface area contributed by atoms with Gasteiger partial charge in [0.05, 0.1) is 11.8 Å². The second kappa shape index (κ2) is 8.19. The standard InChI is InChI=1S/C15H19ClN4OS/c1-3-12(10-5-7-11(16)8-6-10)17-14(21)9-22-15-18-13(4-2)19-20-15/h5-8,12H,3-4,9H2,1-2H3,(H,17,21)(H,18,19,20)/t12-/m0/s1. The topological polar surface area (TPSA) is 70.7 Å². The summed E-state index contributed by atoms with van der Waals surface area (Å²) in [5.74, 6) is 1.09. The van der Waals surface area contributed by atoms with Crippen molar-refractivity contribution in [2.24, 2.45) is 0 Å². The van der Waals surface area contributed by atoms with Crippen LogP contribution in [0.2, 0.25) is 5.02 Å². The summed E-state index contributed by atoms with van der Waals surface area (Å²) in [6, 6.07) is 7.53. The van der Waals surface area contributed by atoms with Crippen molar-refractivity contribution in [3.8, 4) is 0 Å². The fraction of sp³-hybridized carbons (Fsp3) is 0.400. The Bertz CT molecular complexity index is 614. The number of hydrogen-bond donors (Lipinski definition) is 2. The van der Waals surface area contributed by atoms with E-state index in [0.29, 0.717) is 15.9 Å². The molecule has 0 bridgehead atoms. The van der Waals surface area contributed by atoms with E-state index in [2.05, 4.69) is 20.5 Å². The average Bonchev–Trinajstić information content (AvgIpc) is 2.99. The fourth-order valence-corrected chi connectivity index (χ4v) is 2.74. The monoisotopic (exact) mass is 338 g/mol. The van der Waals surface area contributed by atoms with Gasteiger partial charge in [-0.25, -0.2) is 4.98 Å². The first-order chi connectivity index (χ1) is 10.6. The van der Waals surface area contributed by atoms with E-state index in [4.69, 9.17) is 11.6 Å². The molecule has 1 aromatic heterocycles. The molecule has 1 heterocycles. The molecule has 0 aliphatic rings. The molecule has 0 spiro atoms. The summed E-state index contributed by atoms with van der Waals surface area (Å²) in [6.07, 6.45) is 1.62. The number of carbonyl (C=O) groups excluding carboxylic acids is 1. The van der Waals surface area contributed by atoms with Crippen LogP contribution >= 0.6 is 23.4 Å². The molecule has 0 aliphatic carbocycles. The van der Waals surface area contributed by atoms with Gasteiger partial charge in [0.2, 0.25) is 11.1 Å². The molecule has 0 unspecified atom stereocenters. The van der Waals surface area contributed by atoms with Gasteiger partial charge in [-0.1, -0.05) is 49.3 Å². The molecule has 22 heavy (non-hydrogen) atoms. The van der Waals surface area contributed by atoms with Crippen molar-refractivity contribution in [3.63, 3.8) is 0 Å². The third-order valence-electron chi connectivity index (χ3n) is 3.19. The molecule has 0 saturated heterocycles. The Hall–Kier alpha value is -1.53. The van der Waals surface area contributed by atoms with Crippen LogP contribution in [0.25, 0.3) is 0 Å². The van der Waals surface area contributed by atoms with Crippen molar-refractivity contribution in [1.82, 2.24) is 20.5 Å². The Morgan fingerprint density at radius 2 is 2.09 bits per heavy atom. The summed E-state index contributed by atoms with van der Waals surface area (Å²) < 4.78 is 0. The van der Waals surface area contributed by atoms with E-state index in [0.717, 1.165) is 24.2 Å². The molecule has 0 aliphatic heterocycles. The second-order valence-corrected chi connectivity index (χ2v) is 6.17. The van der Waals surface area contributed by atoms with Gasteiger partial charge < -0.3 is 5.32 Å². The molecule has 1 aromatic carbocycles. The number of nitrogens with zero attached hydrogens (tertiary/aromatic N) is 2. The zero-order valence-corrected chi connectivity index (χ0v) is 14.2. The number of carbonyl (C=O) groups is 1. The van der Waals surface area contributed by atoms with E-state index >= 15 is 0 Å². The number of hydrogen-bond acceptors (Lipinski definition) is 4. The number of thioether (sulfide) groups is 1. The van der Waals surface area contributed by atoms with E-state index in [1.165, 1.54) is 11.8 Å². The van der Waals surface area contributed by atoms with Crippen molar-refractivity contribution in [3.05, 3.63) is 40.7 Å². The first-order valence-electron chi connectivity index (χ1n) is 7.21. The van der Waals surface area contributed by atoms with Crippen LogP contribution in [0.5, 0.6) is 0 Å². The lowest BCUT2D eigenvalue weighted by Gasteiger charge is -2.17. The molecule has 7 heteroatoms. The Labute approximate surface area is 139 Å². The Morgan fingerprint density at radius 3 is 2.68 bits per heavy atom. The zero-order valence-electron chi connectivity index (χ0n) is 12.6. The third kappa shape index (κ3) is 4.74. The van der Waals surface area contributed by atoms with Gasteiger partial charge in [0.15, 0.2) is 0 Å². The molecule has 2 N–H and O–H groups in total. The van der Waals surface area contributed by atoms with E-state index < -0.39 is 0 Å². The van der Waals surface area contributed by atoms with Crippen LogP contribution < -0.4 is 5.32 Å². The lowest BCUT2D eigenvalue weighted by atomic mass is 10.0. The minimum absolute atomic E-state index is 0.0105. The van der Waals surface area contributed by atoms with Gasteiger partial charge in [0, 0.05) is 11.4 Å². The van der Waals surface area contributed by atoms with E-state index in [1.807, 2.05) is 38.1 Å². The van der Waals surface area contributed by atoms with Gasteiger partial charge in [0.25, 0.3) is 0 Å². The Kier molecular flexibility index (Phi) is 6.27. The van der Waals surface area contributed by atoms with Crippen molar-refractivity contribution in [2.75, 3.05) is 5.75 Å². The Balaban J connectivity index is 1.87. The number of halogens is 1. The summed E-state index contributed by atoms with van der Waals surface area (Å²) in [5, 5.41) is 11.2. The maximum atomic E-state index is 12.1. The fourth-order valence-electron chi connectivity index (χ4n) is 1.98. The second-order valence-electron chi connectivity index (χ2n) is 4.79. The molecule has 2 aromatic rings. The first-order valence-corrected chi connectivity index (χ1v) is 8.57. The van der Waals surface area contributed by atoms with Crippen LogP contribution in [0.4, 0.5) is 0 Å². The van der Waals surface area contributed by atoms with Crippen molar-refractivity contribution >= 4 is 29.3 Å². The Morgan fingerprint density at radius 1 is 1.36 bits per heavy atom. The van der Waals surface area contributed by atoms with E-state index in [-0.39, 0.29) is 11.9 Å². The molecule has 1 atom stereocenters. The molecule has 0 saturated carbocycles. The number of amides is 1. The molecule has 2 rings (SSSR count). The summed E-state index contributed by atoms with van der Waals surface area (Å²) in [7, 11) is 0. The molecule has 5 nitrogen and oxygen atoms in total. The summed E-state index contributed by atoms with van der Waals surface area (Å²) in [4.78, 5) is 16.3. The van der Waals surface area contributed by atoms with Crippen LogP contribution in [0.3, 0.4) is 0 Å². The number of H-pyrrole nitrogens is 1. The normalized spacial score (nSPS) is 12.1.